The van der Waals surface area contributed by atoms with Crippen LogP contribution in [0.5, 0.6) is 0 Å². The Kier molecular flexibility index (Phi) is 3.69. The molecule has 0 aromatic heterocycles. The van der Waals surface area contributed by atoms with Gasteiger partial charge < -0.3 is 0 Å². The average molecular weight is 268 g/mol. The minimum Gasteiger partial charge on any atom is -0.212 e. The first kappa shape index (κ1) is 14.3. The van der Waals surface area contributed by atoms with Crippen molar-refractivity contribution in [2.24, 2.45) is 16.7 Å². The maximum absolute atomic E-state index is 11.9. The molecule has 3 nitrogen and oxygen atoms in total. The second-order valence-electron chi connectivity index (χ2n) is 6.04. The Bertz CT molecular complexity index is 348. The highest BCUT2D eigenvalue weighted by Gasteiger charge is 2.65. The largest absolute Gasteiger partial charge is 0.212 e. The summed E-state index contributed by atoms with van der Waals surface area (Å²) in [6.07, 6.45) is 0. The van der Waals surface area contributed by atoms with E-state index in [1.807, 2.05) is 6.92 Å². The van der Waals surface area contributed by atoms with Crippen molar-refractivity contribution in [1.29, 1.82) is 0 Å². The van der Waals surface area contributed by atoms with E-state index in [1.165, 1.54) is 0 Å². The molecule has 1 fully saturated rings. The first-order chi connectivity index (χ1) is 7.04. The lowest BCUT2D eigenvalue weighted by Gasteiger charge is -2.11. The van der Waals surface area contributed by atoms with Crippen LogP contribution in [-0.4, -0.2) is 26.1 Å². The lowest BCUT2D eigenvalue weighted by atomic mass is 10.0. The summed E-state index contributed by atoms with van der Waals surface area (Å²) in [6, 6.07) is 0.0347. The molecule has 0 aromatic carbocycles. The average Bonchev–Trinajstić information content (AvgIpc) is 2.47. The van der Waals surface area contributed by atoms with Gasteiger partial charge in [-0.05, 0) is 16.7 Å². The molecule has 1 N–H and O–H groups in total. The van der Waals surface area contributed by atoms with Crippen LogP contribution in [0.1, 0.15) is 34.6 Å². The number of hydrogen-bond donors (Lipinski definition) is 1. The first-order valence-electron chi connectivity index (χ1n) is 5.60. The zero-order valence-corrected chi connectivity index (χ0v) is 12.2. The van der Waals surface area contributed by atoms with Crippen LogP contribution in [0.25, 0.3) is 0 Å². The van der Waals surface area contributed by atoms with Gasteiger partial charge in [-0.1, -0.05) is 34.6 Å². The van der Waals surface area contributed by atoms with Crippen molar-refractivity contribution in [2.75, 3.05) is 11.6 Å². The summed E-state index contributed by atoms with van der Waals surface area (Å²) in [4.78, 5) is 0. The van der Waals surface area contributed by atoms with E-state index in [0.717, 1.165) is 0 Å². The molecule has 16 heavy (non-hydrogen) atoms. The van der Waals surface area contributed by atoms with Crippen molar-refractivity contribution in [2.45, 2.75) is 40.7 Å². The lowest BCUT2D eigenvalue weighted by molar-refractivity contribution is 0.457. The fourth-order valence-corrected chi connectivity index (χ4v) is 4.29. The molecule has 0 bridgehead atoms. The van der Waals surface area contributed by atoms with Gasteiger partial charge in [0.15, 0.2) is 0 Å². The van der Waals surface area contributed by atoms with Gasteiger partial charge in [0, 0.05) is 11.9 Å². The van der Waals surface area contributed by atoms with Crippen molar-refractivity contribution in [3.8, 4) is 0 Å². The van der Waals surface area contributed by atoms with E-state index in [0.29, 0.717) is 5.88 Å². The lowest BCUT2D eigenvalue weighted by Crippen LogP contribution is -2.34. The SMILES string of the molecule is CC(CCl)CS(=O)(=O)NC1C(C)(C)C1(C)C. The fraction of sp³-hybridized carbons (Fsp3) is 1.00. The molecule has 0 saturated heterocycles. The van der Waals surface area contributed by atoms with Gasteiger partial charge in [0.05, 0.1) is 5.75 Å². The topological polar surface area (TPSA) is 46.2 Å². The van der Waals surface area contributed by atoms with Gasteiger partial charge in [-0.3, -0.25) is 0 Å². The van der Waals surface area contributed by atoms with E-state index in [4.69, 9.17) is 11.6 Å². The van der Waals surface area contributed by atoms with Gasteiger partial charge in [0.1, 0.15) is 0 Å². The van der Waals surface area contributed by atoms with Gasteiger partial charge in [0.25, 0.3) is 0 Å². The molecule has 1 unspecified atom stereocenters. The summed E-state index contributed by atoms with van der Waals surface area (Å²) in [7, 11) is -3.21. The zero-order chi connectivity index (χ0) is 12.8. The van der Waals surface area contributed by atoms with E-state index >= 15 is 0 Å². The minimum atomic E-state index is -3.21. The summed E-state index contributed by atoms with van der Waals surface area (Å²) in [6.45, 7) is 10.2. The van der Waals surface area contributed by atoms with E-state index in [1.54, 1.807) is 0 Å². The zero-order valence-electron chi connectivity index (χ0n) is 10.7. The highest BCUT2D eigenvalue weighted by molar-refractivity contribution is 7.89. The maximum atomic E-state index is 11.9. The predicted molar refractivity (Wildman–Crippen MR) is 68.2 cm³/mol. The summed E-state index contributed by atoms with van der Waals surface area (Å²) >= 11 is 5.63. The third kappa shape index (κ3) is 2.54. The number of nitrogens with one attached hydrogen (secondary N) is 1. The van der Waals surface area contributed by atoms with Crippen molar-refractivity contribution >= 4 is 21.6 Å². The van der Waals surface area contributed by atoms with Gasteiger partial charge in [-0.2, -0.15) is 0 Å². The number of halogens is 1. The molecule has 1 rings (SSSR count). The van der Waals surface area contributed by atoms with Crippen molar-refractivity contribution in [1.82, 2.24) is 4.72 Å². The summed E-state index contributed by atoms with van der Waals surface area (Å²) < 4.78 is 26.5. The molecule has 0 aromatic rings. The Balaban J connectivity index is 2.63. The number of hydrogen-bond acceptors (Lipinski definition) is 2. The molecule has 1 aliphatic carbocycles. The highest BCUT2D eigenvalue weighted by atomic mass is 35.5. The van der Waals surface area contributed by atoms with E-state index < -0.39 is 10.0 Å². The molecule has 0 amide bonds. The van der Waals surface area contributed by atoms with Gasteiger partial charge in [-0.25, -0.2) is 13.1 Å². The minimum absolute atomic E-state index is 0.0101. The Morgan fingerprint density at radius 2 is 1.69 bits per heavy atom. The molecule has 1 saturated carbocycles. The van der Waals surface area contributed by atoms with E-state index in [2.05, 4.69) is 32.4 Å². The third-order valence-electron chi connectivity index (χ3n) is 4.09. The van der Waals surface area contributed by atoms with Crippen LogP contribution in [0.2, 0.25) is 0 Å². The molecule has 96 valence electrons. The van der Waals surface area contributed by atoms with Gasteiger partial charge in [0.2, 0.25) is 10.0 Å². The molecule has 1 aliphatic rings. The Morgan fingerprint density at radius 1 is 1.25 bits per heavy atom. The summed E-state index contributed by atoms with van der Waals surface area (Å²) in [5, 5.41) is 0. The van der Waals surface area contributed by atoms with Crippen LogP contribution in [-0.2, 0) is 10.0 Å². The molecule has 1 atom stereocenters. The smallest absolute Gasteiger partial charge is 0.212 e. The molecular formula is C11H22ClNO2S. The quantitative estimate of drug-likeness (QED) is 0.777. The number of alkyl halides is 1. The monoisotopic (exact) mass is 267 g/mol. The second kappa shape index (κ2) is 4.14. The van der Waals surface area contributed by atoms with Crippen LogP contribution in [0.4, 0.5) is 0 Å². The molecule has 0 aliphatic heterocycles. The van der Waals surface area contributed by atoms with Gasteiger partial charge >= 0.3 is 0 Å². The van der Waals surface area contributed by atoms with Gasteiger partial charge in [-0.15, -0.1) is 11.6 Å². The van der Waals surface area contributed by atoms with Crippen molar-refractivity contribution in [3.05, 3.63) is 0 Å². The fourth-order valence-electron chi connectivity index (χ4n) is 2.14. The predicted octanol–water partition coefficient (Wildman–Crippen LogP) is 2.22. The highest BCUT2D eigenvalue weighted by Crippen LogP contribution is 2.62. The molecule has 0 radical (unpaired) electrons. The Hall–Kier alpha value is 0.200. The van der Waals surface area contributed by atoms with E-state index in [9.17, 15) is 8.42 Å². The molecule has 5 heteroatoms. The third-order valence-corrected chi connectivity index (χ3v) is 6.21. The maximum Gasteiger partial charge on any atom is 0.212 e. The number of rotatable bonds is 5. The summed E-state index contributed by atoms with van der Waals surface area (Å²) in [5.74, 6) is 0.474. The molecule has 0 spiro atoms. The van der Waals surface area contributed by atoms with Crippen LogP contribution in [0, 0.1) is 16.7 Å². The first-order valence-corrected chi connectivity index (χ1v) is 7.79. The summed E-state index contributed by atoms with van der Waals surface area (Å²) in [5.41, 5.74) is 0.0640. The van der Waals surface area contributed by atoms with Crippen molar-refractivity contribution in [3.63, 3.8) is 0 Å². The Labute approximate surface area is 104 Å². The standard InChI is InChI=1S/C11H22ClNO2S/c1-8(6-12)7-16(14,15)13-9-10(2,3)11(9,4)5/h8-9,13H,6-7H2,1-5H3. The molecule has 0 heterocycles. The second-order valence-corrected chi connectivity index (χ2v) is 8.14. The van der Waals surface area contributed by atoms with Crippen LogP contribution in [0.15, 0.2) is 0 Å². The van der Waals surface area contributed by atoms with Crippen LogP contribution in [0.3, 0.4) is 0 Å². The Morgan fingerprint density at radius 3 is 2.00 bits per heavy atom. The van der Waals surface area contributed by atoms with Crippen molar-refractivity contribution < 1.29 is 8.42 Å². The molecular weight excluding hydrogens is 246 g/mol. The van der Waals surface area contributed by atoms with Crippen LogP contribution >= 0.6 is 11.6 Å². The normalized spacial score (nSPS) is 25.4. The van der Waals surface area contributed by atoms with Crippen LogP contribution < -0.4 is 4.72 Å². The number of sulfonamides is 1. The van der Waals surface area contributed by atoms with E-state index in [-0.39, 0.29) is 28.5 Å².